The predicted octanol–water partition coefficient (Wildman–Crippen LogP) is 6.81. The van der Waals surface area contributed by atoms with Crippen molar-refractivity contribution >= 4 is 23.5 Å². The molecule has 0 aromatic carbocycles. The summed E-state index contributed by atoms with van der Waals surface area (Å²) in [7, 11) is 3.07. The highest BCUT2D eigenvalue weighted by molar-refractivity contribution is 6.18. The average Bonchev–Trinajstić information content (AvgIpc) is 3.84. The molecule has 2 unspecified atom stereocenters. The van der Waals surface area contributed by atoms with E-state index in [0.717, 1.165) is 64.2 Å². The topological polar surface area (TPSA) is 175 Å². The molecule has 3 aliphatic heterocycles. The fraction of sp³-hybridized carbons (Fsp3) is 0.524. The van der Waals surface area contributed by atoms with Gasteiger partial charge in [-0.2, -0.15) is 0 Å². The summed E-state index contributed by atoms with van der Waals surface area (Å²) in [6.45, 7) is -0.170. The first kappa shape index (κ1) is 42.1. The smallest absolute Gasteiger partial charge is 0.345 e. The summed E-state index contributed by atoms with van der Waals surface area (Å²) in [5, 5.41) is 0. The summed E-state index contributed by atoms with van der Waals surface area (Å²) >= 11 is 0. The maximum atomic E-state index is 13.6. The van der Waals surface area contributed by atoms with E-state index in [1.807, 2.05) is 0 Å². The third-order valence-electron chi connectivity index (χ3n) is 10.0. The number of Topliss-reactive ketones (excluding diaryl/α,β-unsaturated/α-hetero) is 2. The van der Waals surface area contributed by atoms with Crippen molar-refractivity contribution in [3.05, 3.63) is 95.5 Å². The minimum atomic E-state index is -1.12. The van der Waals surface area contributed by atoms with Crippen LogP contribution in [-0.2, 0) is 60.8 Å². The van der Waals surface area contributed by atoms with Gasteiger partial charge in [-0.3, -0.25) is 9.59 Å². The predicted molar refractivity (Wildman–Crippen MR) is 202 cm³/mol. The largest absolute Gasteiger partial charge is 0.458 e. The van der Waals surface area contributed by atoms with Gasteiger partial charge in [0.25, 0.3) is 0 Å². The van der Waals surface area contributed by atoms with Crippen LogP contribution in [0.5, 0.6) is 0 Å². The number of ketones is 2. The Morgan fingerprint density at radius 3 is 1.30 bits per heavy atom. The molecule has 4 bridgehead atoms. The van der Waals surface area contributed by atoms with E-state index in [0.29, 0.717) is 36.8 Å². The highest BCUT2D eigenvalue weighted by atomic mass is 16.7. The van der Waals surface area contributed by atoms with Crippen LogP contribution in [0.25, 0.3) is 0 Å². The molecule has 0 spiro atoms. The molecule has 5 heterocycles. The summed E-state index contributed by atoms with van der Waals surface area (Å²) in [5.41, 5.74) is 0.940. The standard InChI is InChI=1S/C42H52N4O10/c1-51-41-19-13-9-5-3-7-12-16-34(48)38(40(50)54-28-32-25-45-30-46-26-32)36-18-22-42(52-2,56-36)20-14-10-6-4-8-11-15-33(47)37(35(55-41)17-21-41)39(49)53-27-31-23-43-29-44-24-31/h17-18,21-26,29-30H,3-16,19-20,27-28H2,1-2H3/b37-35-,38-36-. The Balaban J connectivity index is 1.25. The van der Waals surface area contributed by atoms with E-state index in [1.165, 1.54) is 26.9 Å². The average molecular weight is 773 g/mol. The van der Waals surface area contributed by atoms with E-state index in [-0.39, 0.29) is 60.3 Å². The number of carbonyl (C=O) groups excluding carboxylic acids is 4. The number of ether oxygens (including phenoxy) is 6. The zero-order chi connectivity index (χ0) is 39.6. The number of hydrogen-bond acceptors (Lipinski definition) is 14. The molecular weight excluding hydrogens is 720 g/mol. The minimum Gasteiger partial charge on any atom is -0.458 e. The van der Waals surface area contributed by atoms with Gasteiger partial charge < -0.3 is 28.4 Å². The second kappa shape index (κ2) is 21.3. The second-order valence-corrected chi connectivity index (χ2v) is 14.1. The van der Waals surface area contributed by atoms with Crippen molar-refractivity contribution in [3.63, 3.8) is 0 Å². The van der Waals surface area contributed by atoms with Crippen molar-refractivity contribution in [3.8, 4) is 0 Å². The summed E-state index contributed by atoms with van der Waals surface area (Å²) in [6.07, 6.45) is 26.6. The van der Waals surface area contributed by atoms with E-state index in [1.54, 1.807) is 49.1 Å². The van der Waals surface area contributed by atoms with Gasteiger partial charge in [-0.15, -0.1) is 0 Å². The van der Waals surface area contributed by atoms with Crippen molar-refractivity contribution in [1.82, 2.24) is 19.9 Å². The van der Waals surface area contributed by atoms with Gasteiger partial charge in [0.1, 0.15) is 48.5 Å². The van der Waals surface area contributed by atoms with Crippen LogP contribution in [0.15, 0.2) is 84.4 Å². The number of esters is 2. The quantitative estimate of drug-likeness (QED) is 0.202. The monoisotopic (exact) mass is 772 g/mol. The van der Waals surface area contributed by atoms with Gasteiger partial charge in [0.2, 0.25) is 11.6 Å². The lowest BCUT2D eigenvalue weighted by Gasteiger charge is -2.27. The highest BCUT2D eigenvalue weighted by Gasteiger charge is 2.39. The van der Waals surface area contributed by atoms with Gasteiger partial charge in [-0.1, -0.05) is 51.4 Å². The molecule has 3 aliphatic rings. The Morgan fingerprint density at radius 1 is 0.571 bits per heavy atom. The van der Waals surface area contributed by atoms with Gasteiger partial charge in [0.05, 0.1) is 0 Å². The lowest BCUT2D eigenvalue weighted by Crippen LogP contribution is -2.30. The zero-order valence-corrected chi connectivity index (χ0v) is 32.4. The van der Waals surface area contributed by atoms with E-state index in [9.17, 15) is 19.2 Å². The van der Waals surface area contributed by atoms with Gasteiger partial charge in [-0.25, -0.2) is 29.5 Å². The lowest BCUT2D eigenvalue weighted by atomic mass is 10.0. The summed E-state index contributed by atoms with van der Waals surface area (Å²) in [6, 6.07) is 0. The number of nitrogens with zero attached hydrogens (tertiary/aromatic N) is 4. The molecule has 0 aliphatic carbocycles. The van der Waals surface area contributed by atoms with Crippen LogP contribution >= 0.6 is 0 Å². The number of fused-ring (bicyclic) bond motifs is 4. The SMILES string of the molecule is COC12C=C/C(=C(/C(=O)OCc3cncnc3)C(=O)CCCCCCCCC3(OC)C=C/C(=C(/C(=O)OCc4cncnc4)C(=O)CCCCCCCC1)O3)O2. The molecule has 0 amide bonds. The Morgan fingerprint density at radius 2 is 0.929 bits per heavy atom. The van der Waals surface area contributed by atoms with Gasteiger partial charge in [0, 0.05) is 75.8 Å². The van der Waals surface area contributed by atoms with E-state index >= 15 is 0 Å². The summed E-state index contributed by atoms with van der Waals surface area (Å²) in [5.74, 6) is -4.18. The van der Waals surface area contributed by atoms with Crippen molar-refractivity contribution < 1.29 is 47.6 Å². The first-order chi connectivity index (χ1) is 27.3. The van der Waals surface area contributed by atoms with E-state index in [4.69, 9.17) is 28.4 Å². The third kappa shape index (κ3) is 12.0. The van der Waals surface area contributed by atoms with Crippen molar-refractivity contribution in [2.75, 3.05) is 14.2 Å². The summed E-state index contributed by atoms with van der Waals surface area (Å²) < 4.78 is 35.1. The number of hydrogen-bond donors (Lipinski definition) is 0. The first-order valence-electron chi connectivity index (χ1n) is 19.5. The van der Waals surface area contributed by atoms with Gasteiger partial charge >= 0.3 is 11.9 Å². The molecule has 2 aromatic rings. The minimum absolute atomic E-state index is 0.0849. The number of methoxy groups -OCH3 is 2. The maximum Gasteiger partial charge on any atom is 0.345 e. The number of allylic oxidation sites excluding steroid dienone is 2. The Bertz CT molecular complexity index is 1650. The van der Waals surface area contributed by atoms with Crippen LogP contribution < -0.4 is 0 Å². The van der Waals surface area contributed by atoms with Crippen LogP contribution in [0.3, 0.4) is 0 Å². The van der Waals surface area contributed by atoms with Crippen LogP contribution in [0.4, 0.5) is 0 Å². The van der Waals surface area contributed by atoms with Crippen LogP contribution in [0, 0.1) is 0 Å². The maximum absolute atomic E-state index is 13.6. The normalized spacial score (nSPS) is 26.0. The molecule has 300 valence electrons. The molecule has 0 N–H and O–H groups in total. The Labute approximate surface area is 327 Å². The van der Waals surface area contributed by atoms with Gasteiger partial charge in [0.15, 0.2) is 11.6 Å². The number of rotatable bonds is 8. The number of carbonyl (C=O) groups is 4. The Kier molecular flexibility index (Phi) is 16.0. The molecule has 2 atom stereocenters. The molecule has 0 fully saturated rings. The summed E-state index contributed by atoms with van der Waals surface area (Å²) in [4.78, 5) is 69.9. The third-order valence-corrected chi connectivity index (χ3v) is 10.0. The zero-order valence-electron chi connectivity index (χ0n) is 32.4. The van der Waals surface area contributed by atoms with Crippen LogP contribution in [-0.4, -0.2) is 69.2 Å². The molecule has 5 rings (SSSR count). The Hall–Kier alpha value is -5.08. The van der Waals surface area contributed by atoms with Gasteiger partial charge in [-0.05, 0) is 50.0 Å². The first-order valence-corrected chi connectivity index (χ1v) is 19.5. The fourth-order valence-electron chi connectivity index (χ4n) is 6.81. The molecule has 2 aromatic heterocycles. The second-order valence-electron chi connectivity index (χ2n) is 14.1. The van der Waals surface area contributed by atoms with E-state index < -0.39 is 23.5 Å². The highest BCUT2D eigenvalue weighted by Crippen LogP contribution is 2.36. The van der Waals surface area contributed by atoms with Crippen LogP contribution in [0.1, 0.15) is 114 Å². The molecule has 14 nitrogen and oxygen atoms in total. The van der Waals surface area contributed by atoms with Crippen molar-refractivity contribution in [1.29, 1.82) is 0 Å². The van der Waals surface area contributed by atoms with Crippen molar-refractivity contribution in [2.24, 2.45) is 0 Å². The molecule has 0 saturated heterocycles. The number of aromatic nitrogens is 4. The molecule has 56 heavy (non-hydrogen) atoms. The molecular formula is C42H52N4O10. The fourth-order valence-corrected chi connectivity index (χ4v) is 6.81. The molecule has 14 heteroatoms. The van der Waals surface area contributed by atoms with Crippen molar-refractivity contribution in [2.45, 2.75) is 128 Å². The molecule has 0 radical (unpaired) electrons. The lowest BCUT2D eigenvalue weighted by molar-refractivity contribution is -0.159. The molecule has 0 saturated carbocycles. The van der Waals surface area contributed by atoms with E-state index in [2.05, 4.69) is 19.9 Å². The van der Waals surface area contributed by atoms with Crippen LogP contribution in [0.2, 0.25) is 0 Å².